The summed E-state index contributed by atoms with van der Waals surface area (Å²) in [5.41, 5.74) is 19.3. The van der Waals surface area contributed by atoms with Crippen LogP contribution in [0.4, 0.5) is 0 Å². The zero-order valence-corrected chi connectivity index (χ0v) is 31.3. The molecule has 0 spiro atoms. The maximum Gasteiger partial charge on any atom is 0.0739 e. The smallest absolute Gasteiger partial charge is 0.0739 e. The molecular weight excluding hydrogens is 708 g/mol. The third-order valence-electron chi connectivity index (χ3n) is 7.03. The first kappa shape index (κ1) is 53.4. The predicted molar refractivity (Wildman–Crippen MR) is 181 cm³/mol. The van der Waals surface area contributed by atoms with E-state index in [9.17, 15) is 59.4 Å². The Labute approximate surface area is 315 Å². The van der Waals surface area contributed by atoms with Crippen molar-refractivity contribution in [3.8, 4) is 0 Å². The topological polar surface area (TPSA) is 407 Å². The van der Waals surface area contributed by atoms with Gasteiger partial charge in [0.25, 0.3) is 0 Å². The highest BCUT2D eigenvalue weighted by Crippen LogP contribution is 2.10. The van der Waals surface area contributed by atoms with E-state index in [-0.39, 0.29) is 0 Å². The highest BCUT2D eigenvalue weighted by Gasteiger charge is 2.05. The number of quaternary nitrogens is 6. The molecule has 0 aliphatic carbocycles. The van der Waals surface area contributed by atoms with Crippen LogP contribution in [0, 0.1) is 0 Å². The lowest BCUT2D eigenvalue weighted by molar-refractivity contribution is -0.371. The van der Waals surface area contributed by atoms with Crippen molar-refractivity contribution in [2.45, 2.75) is 77.0 Å². The molecule has 18 N–H and O–H groups in total. The van der Waals surface area contributed by atoms with Crippen molar-refractivity contribution in [3.63, 3.8) is 0 Å². The molecule has 0 atom stereocenters. The van der Waals surface area contributed by atoms with Crippen molar-refractivity contribution in [3.05, 3.63) is 69.8 Å². The van der Waals surface area contributed by atoms with Crippen LogP contribution in [0.1, 0.15) is 139 Å². The zero-order chi connectivity index (χ0) is 41.9. The number of carboxylic acids is 6. The van der Waals surface area contributed by atoms with Crippen LogP contribution in [0.5, 0.6) is 0 Å². The van der Waals surface area contributed by atoms with Gasteiger partial charge in [-0.1, -0.05) is 0 Å². The summed E-state index contributed by atoms with van der Waals surface area (Å²) in [6.45, 7) is 6.57. The average molecular weight is 769 g/mol. The number of carbonyl (C=O) groups excluding carboxylic acids is 6. The van der Waals surface area contributed by atoms with Gasteiger partial charge in [-0.05, 0) is 147 Å². The highest BCUT2D eigenvalue weighted by atomic mass is 16.4. The van der Waals surface area contributed by atoms with Crippen LogP contribution in [-0.4, -0.2) is 75.1 Å². The molecule has 2 aromatic carbocycles. The Bertz CT molecular complexity index is 1100. The molecule has 0 amide bonds. The number of unbranched alkanes of at least 4 members (excludes halogenated alkanes) is 9. The molecular formula is C36H60N6O12. The summed E-state index contributed by atoms with van der Waals surface area (Å²) in [5, 5.41) is 62.5. The molecule has 0 unspecified atom stereocenters. The Morgan fingerprint density at radius 3 is 0.463 bits per heavy atom. The fraction of sp³-hybridized carbons (Fsp3) is 0.500. The van der Waals surface area contributed by atoms with Crippen molar-refractivity contribution >= 4 is 35.8 Å². The second-order valence-electron chi connectivity index (χ2n) is 11.7. The van der Waals surface area contributed by atoms with Crippen LogP contribution >= 0.6 is 0 Å². The Morgan fingerprint density at radius 1 is 0.278 bits per heavy atom. The van der Waals surface area contributed by atoms with Crippen LogP contribution in [0.15, 0.2) is 36.4 Å². The molecule has 0 aliphatic rings. The number of hydrogen-bond acceptors (Lipinski definition) is 12. The van der Waals surface area contributed by atoms with Gasteiger partial charge in [-0.15, -0.1) is 0 Å². The minimum absolute atomic E-state index is 0.559. The molecule has 0 heterocycles. The van der Waals surface area contributed by atoms with Crippen LogP contribution in [0.25, 0.3) is 0 Å². The lowest BCUT2D eigenvalue weighted by Gasteiger charge is -2.11. The third-order valence-corrected chi connectivity index (χ3v) is 7.03. The fourth-order valence-corrected chi connectivity index (χ4v) is 4.08. The number of carbonyl (C=O) groups is 6. The van der Waals surface area contributed by atoms with Gasteiger partial charge in [-0.25, -0.2) is 0 Å². The molecule has 18 heteroatoms. The first-order valence-electron chi connectivity index (χ1n) is 17.9. The maximum absolute atomic E-state index is 10.4. The Hall–Kier alpha value is -4.98. The van der Waals surface area contributed by atoms with Crippen molar-refractivity contribution < 1.29 is 93.8 Å². The van der Waals surface area contributed by atoms with E-state index < -0.39 is 69.2 Å². The minimum Gasteiger partial charge on any atom is -0.545 e. The molecule has 0 aromatic heterocycles. The summed E-state index contributed by atoms with van der Waals surface area (Å²) in [5.74, 6) is -10.1. The van der Waals surface area contributed by atoms with Gasteiger partial charge in [0.2, 0.25) is 0 Å². The molecule has 0 radical (unpaired) electrons. The van der Waals surface area contributed by atoms with E-state index in [0.29, 0.717) is 0 Å². The second-order valence-corrected chi connectivity index (χ2v) is 11.7. The molecule has 18 nitrogen and oxygen atoms in total. The molecule has 0 saturated carbocycles. The second kappa shape index (κ2) is 35.1. The molecule has 0 bridgehead atoms. The summed E-state index contributed by atoms with van der Waals surface area (Å²) in [7, 11) is 0. The zero-order valence-electron chi connectivity index (χ0n) is 31.3. The summed E-state index contributed by atoms with van der Waals surface area (Å²) in [6, 6.07) is 4.48. The lowest BCUT2D eigenvalue weighted by atomic mass is 10.1. The van der Waals surface area contributed by atoms with Gasteiger partial charge in [-0.2, -0.15) is 0 Å². The average Bonchev–Trinajstić information content (AvgIpc) is 3.14. The standard InChI is InChI=1S/2C9H6O6.3C6H16N2/c2*10-7(11)4-1-5(8(12)13)3-6(2-4)9(14)15;3*7-5-3-1-2-4-6-8/h2*1-3H,(H,10,11)(H,12,13)(H,14,15);3*1-8H2. The highest BCUT2D eigenvalue weighted by molar-refractivity contribution is 5.98. The van der Waals surface area contributed by atoms with Crippen LogP contribution in [0.2, 0.25) is 0 Å². The molecule has 54 heavy (non-hydrogen) atoms. The molecule has 2 rings (SSSR count). The van der Waals surface area contributed by atoms with Crippen molar-refractivity contribution in [2.24, 2.45) is 0 Å². The Balaban J connectivity index is -0.000000625. The van der Waals surface area contributed by atoms with Gasteiger partial charge < -0.3 is 93.8 Å². The summed E-state index contributed by atoms with van der Waals surface area (Å²) < 4.78 is 0. The van der Waals surface area contributed by atoms with E-state index in [1.807, 2.05) is 0 Å². The van der Waals surface area contributed by atoms with E-state index in [2.05, 4.69) is 34.4 Å². The quantitative estimate of drug-likeness (QED) is 0.0645. The first-order valence-corrected chi connectivity index (χ1v) is 17.9. The number of aromatic carboxylic acids is 6. The molecule has 306 valence electrons. The number of hydrogen-bond donors (Lipinski definition) is 6. The summed E-state index contributed by atoms with van der Waals surface area (Å²) in [6.07, 6.45) is 15.8. The summed E-state index contributed by atoms with van der Waals surface area (Å²) >= 11 is 0. The maximum atomic E-state index is 10.4. The first-order chi connectivity index (χ1) is 25.6. The molecule has 0 aliphatic heterocycles. The van der Waals surface area contributed by atoms with E-state index in [1.54, 1.807) is 0 Å². The minimum atomic E-state index is -1.68. The SMILES string of the molecule is O=C([O-])c1cc(C(=O)[O-])cc(C(=O)[O-])c1.O=C([O-])c1cc(C(=O)[O-])cc(C(=O)[O-])c1.[NH3+]CCCCCC[NH3+].[NH3+]CCCCCC[NH3+].[NH3+]CCCCCC[NH3+]. The van der Waals surface area contributed by atoms with Gasteiger partial charge in [0.1, 0.15) is 0 Å². The van der Waals surface area contributed by atoms with Gasteiger partial charge in [0.15, 0.2) is 0 Å². The lowest BCUT2D eigenvalue weighted by Crippen LogP contribution is -2.50. The van der Waals surface area contributed by atoms with E-state index in [4.69, 9.17) is 0 Å². The predicted octanol–water partition coefficient (Wildman–Crippen LogP) is -9.35. The van der Waals surface area contributed by atoms with Crippen LogP contribution < -0.4 is 65.0 Å². The molecule has 0 saturated heterocycles. The number of rotatable bonds is 21. The van der Waals surface area contributed by atoms with Crippen molar-refractivity contribution in [1.82, 2.24) is 0 Å². The van der Waals surface area contributed by atoms with E-state index in [0.717, 1.165) is 75.7 Å². The van der Waals surface area contributed by atoms with Gasteiger partial charge >= 0.3 is 0 Å². The Morgan fingerprint density at radius 2 is 0.389 bits per heavy atom. The van der Waals surface area contributed by atoms with Gasteiger partial charge in [0, 0.05) is 0 Å². The monoisotopic (exact) mass is 768 g/mol. The van der Waals surface area contributed by atoms with Crippen molar-refractivity contribution in [2.75, 3.05) is 39.3 Å². The van der Waals surface area contributed by atoms with Crippen LogP contribution in [0.3, 0.4) is 0 Å². The number of carboxylic acid groups (broad SMARTS) is 6. The normalized spacial score (nSPS) is 9.67. The van der Waals surface area contributed by atoms with E-state index >= 15 is 0 Å². The molecule has 2 aromatic rings. The van der Waals surface area contributed by atoms with Crippen molar-refractivity contribution in [1.29, 1.82) is 0 Å². The molecule has 0 fully saturated rings. The Kier molecular flexibility index (Phi) is 34.7. The summed E-state index contributed by atoms with van der Waals surface area (Å²) in [4.78, 5) is 62.5. The van der Waals surface area contributed by atoms with Crippen LogP contribution in [-0.2, 0) is 0 Å². The third kappa shape index (κ3) is 29.6. The largest absolute Gasteiger partial charge is 0.545 e. The fourth-order valence-electron chi connectivity index (χ4n) is 4.08. The van der Waals surface area contributed by atoms with E-state index in [1.165, 1.54) is 77.0 Å². The number of benzene rings is 2. The van der Waals surface area contributed by atoms with Gasteiger partial charge in [-0.3, -0.25) is 0 Å². The van der Waals surface area contributed by atoms with Gasteiger partial charge in [0.05, 0.1) is 75.1 Å².